The molecule has 2 bridgehead atoms. The lowest BCUT2D eigenvalue weighted by atomic mass is 9.84. The van der Waals surface area contributed by atoms with E-state index in [1.165, 1.54) is 29.6 Å². The molecule has 92 valence electrons. The van der Waals surface area contributed by atoms with Crippen molar-refractivity contribution in [1.29, 1.82) is 0 Å². The van der Waals surface area contributed by atoms with Crippen LogP contribution in [0, 0.1) is 0 Å². The van der Waals surface area contributed by atoms with E-state index < -0.39 is 0 Å². The van der Waals surface area contributed by atoms with Gasteiger partial charge in [-0.05, 0) is 31.7 Å². The number of piperidine rings is 1. The van der Waals surface area contributed by atoms with Crippen LogP contribution < -0.4 is 4.90 Å². The second-order valence-corrected chi connectivity index (χ2v) is 5.43. The summed E-state index contributed by atoms with van der Waals surface area (Å²) in [4.78, 5) is 17.6. The molecule has 0 atom stereocenters. The van der Waals surface area contributed by atoms with Crippen molar-refractivity contribution in [3.8, 4) is 0 Å². The van der Waals surface area contributed by atoms with Crippen molar-refractivity contribution in [1.82, 2.24) is 4.98 Å². The molecule has 1 saturated heterocycles. The number of hydrogen-bond acceptors (Lipinski definition) is 2. The molecule has 1 aromatic carbocycles. The van der Waals surface area contributed by atoms with Gasteiger partial charge in [-0.3, -0.25) is 4.79 Å². The van der Waals surface area contributed by atoms with Crippen LogP contribution in [-0.2, 0) is 0 Å². The smallest absolute Gasteiger partial charge is 0.161 e. The number of fused-ring (bicyclic) bond motifs is 3. The van der Waals surface area contributed by atoms with E-state index in [0.29, 0.717) is 5.92 Å². The fraction of sp³-hybridized carbons (Fsp3) is 0.400. The van der Waals surface area contributed by atoms with Crippen LogP contribution in [0.15, 0.2) is 18.2 Å². The van der Waals surface area contributed by atoms with Crippen molar-refractivity contribution in [3.63, 3.8) is 0 Å². The quantitative estimate of drug-likeness (QED) is 0.778. The van der Waals surface area contributed by atoms with Gasteiger partial charge in [-0.25, -0.2) is 0 Å². The standard InChI is InChI=1S/C15H16N2O/c1-9(18)11-3-2-4-12-13-10-5-7-17(8-6-10)15(13)16-14(11)12/h2-4,10,16H,5-8H2,1H3. The van der Waals surface area contributed by atoms with Crippen molar-refractivity contribution >= 4 is 22.5 Å². The van der Waals surface area contributed by atoms with Gasteiger partial charge in [0.15, 0.2) is 5.78 Å². The molecule has 0 unspecified atom stereocenters. The zero-order valence-corrected chi connectivity index (χ0v) is 10.5. The summed E-state index contributed by atoms with van der Waals surface area (Å²) >= 11 is 0. The molecule has 3 heteroatoms. The molecule has 0 spiro atoms. The van der Waals surface area contributed by atoms with Gasteiger partial charge < -0.3 is 9.88 Å². The Morgan fingerprint density at radius 2 is 2.11 bits per heavy atom. The first kappa shape index (κ1) is 10.2. The number of ketones is 1. The van der Waals surface area contributed by atoms with Gasteiger partial charge in [0.25, 0.3) is 0 Å². The molecule has 0 aliphatic carbocycles. The Labute approximate surface area is 106 Å². The van der Waals surface area contributed by atoms with E-state index in [9.17, 15) is 4.79 Å². The fourth-order valence-corrected chi connectivity index (χ4v) is 3.57. The largest absolute Gasteiger partial charge is 0.358 e. The van der Waals surface area contributed by atoms with Crippen LogP contribution in [0.2, 0.25) is 0 Å². The first-order chi connectivity index (χ1) is 8.75. The average Bonchev–Trinajstić information content (AvgIpc) is 2.80. The lowest BCUT2D eigenvalue weighted by molar-refractivity contribution is 0.101. The van der Waals surface area contributed by atoms with Gasteiger partial charge in [0.1, 0.15) is 5.82 Å². The second-order valence-electron chi connectivity index (χ2n) is 5.43. The predicted molar refractivity (Wildman–Crippen MR) is 72.5 cm³/mol. The van der Waals surface area contributed by atoms with Gasteiger partial charge in [0, 0.05) is 29.6 Å². The number of rotatable bonds is 1. The van der Waals surface area contributed by atoms with E-state index in [4.69, 9.17) is 0 Å². The van der Waals surface area contributed by atoms with Gasteiger partial charge in [0.05, 0.1) is 5.52 Å². The summed E-state index contributed by atoms with van der Waals surface area (Å²) in [5.74, 6) is 2.09. The van der Waals surface area contributed by atoms with Crippen LogP contribution in [0.4, 0.5) is 5.82 Å². The van der Waals surface area contributed by atoms with Crippen LogP contribution in [0.1, 0.15) is 41.6 Å². The summed E-state index contributed by atoms with van der Waals surface area (Å²) in [6.07, 6.45) is 2.51. The lowest BCUT2D eigenvalue weighted by Crippen LogP contribution is -2.38. The summed E-state index contributed by atoms with van der Waals surface area (Å²) in [6.45, 7) is 3.95. The third-order valence-electron chi connectivity index (χ3n) is 4.45. The second kappa shape index (κ2) is 3.37. The highest BCUT2D eigenvalue weighted by Crippen LogP contribution is 2.46. The van der Waals surface area contributed by atoms with Gasteiger partial charge in [-0.1, -0.05) is 12.1 Å². The maximum absolute atomic E-state index is 11.7. The third-order valence-corrected chi connectivity index (χ3v) is 4.45. The number of carbonyl (C=O) groups is 1. The molecule has 3 nitrogen and oxygen atoms in total. The molecular formula is C15H16N2O. The minimum Gasteiger partial charge on any atom is -0.358 e. The highest BCUT2D eigenvalue weighted by Gasteiger charge is 2.34. The molecule has 0 saturated carbocycles. The van der Waals surface area contributed by atoms with Gasteiger partial charge in [-0.2, -0.15) is 0 Å². The summed E-state index contributed by atoms with van der Waals surface area (Å²) in [6, 6.07) is 6.08. The van der Waals surface area contributed by atoms with Crippen molar-refractivity contribution in [2.45, 2.75) is 25.7 Å². The number of Topliss-reactive ketones (excluding diaryl/α,β-unsaturated/α-hetero) is 1. The number of nitrogens with zero attached hydrogens (tertiary/aromatic N) is 1. The SMILES string of the molecule is CC(=O)c1cccc2c3c([nH]c12)N1CCC3CC1. The van der Waals surface area contributed by atoms with E-state index in [1.54, 1.807) is 6.92 Å². The Morgan fingerprint density at radius 3 is 2.83 bits per heavy atom. The summed E-state index contributed by atoms with van der Waals surface area (Å²) in [7, 11) is 0. The lowest BCUT2D eigenvalue weighted by Gasteiger charge is -2.40. The van der Waals surface area contributed by atoms with E-state index in [-0.39, 0.29) is 5.78 Å². The molecule has 5 rings (SSSR count). The Bertz CT molecular complexity index is 648. The first-order valence-corrected chi connectivity index (χ1v) is 6.66. The summed E-state index contributed by atoms with van der Waals surface area (Å²) in [5.41, 5.74) is 3.31. The number of benzene rings is 1. The zero-order valence-electron chi connectivity index (χ0n) is 10.5. The maximum atomic E-state index is 11.7. The van der Waals surface area contributed by atoms with Crippen molar-refractivity contribution in [2.24, 2.45) is 0 Å². The van der Waals surface area contributed by atoms with Crippen molar-refractivity contribution in [3.05, 3.63) is 29.3 Å². The number of para-hydroxylation sites is 1. The molecule has 2 aromatic rings. The number of carbonyl (C=O) groups excluding carboxylic acids is 1. The number of hydrogen-bond donors (Lipinski definition) is 1. The van der Waals surface area contributed by atoms with Crippen molar-refractivity contribution < 1.29 is 4.79 Å². The molecule has 1 N–H and O–H groups in total. The molecule has 18 heavy (non-hydrogen) atoms. The van der Waals surface area contributed by atoms with Crippen molar-refractivity contribution in [2.75, 3.05) is 18.0 Å². The normalized spacial score (nSPS) is 18.4. The Morgan fingerprint density at radius 1 is 1.33 bits per heavy atom. The molecule has 3 aliphatic heterocycles. The third kappa shape index (κ3) is 1.17. The highest BCUT2D eigenvalue weighted by molar-refractivity contribution is 6.08. The number of aromatic amines is 1. The van der Waals surface area contributed by atoms with Gasteiger partial charge in [-0.15, -0.1) is 0 Å². The first-order valence-electron chi connectivity index (χ1n) is 6.66. The predicted octanol–water partition coefficient (Wildman–Crippen LogP) is 3.07. The van der Waals surface area contributed by atoms with E-state index in [1.807, 2.05) is 12.1 Å². The number of anilines is 1. The number of aromatic nitrogens is 1. The highest BCUT2D eigenvalue weighted by atomic mass is 16.1. The molecule has 4 heterocycles. The van der Waals surface area contributed by atoms with E-state index >= 15 is 0 Å². The van der Waals surface area contributed by atoms with Crippen LogP contribution in [0.25, 0.3) is 10.9 Å². The molecule has 1 aromatic heterocycles. The maximum Gasteiger partial charge on any atom is 0.161 e. The zero-order chi connectivity index (χ0) is 12.3. The minimum absolute atomic E-state index is 0.140. The van der Waals surface area contributed by atoms with Crippen LogP contribution >= 0.6 is 0 Å². The molecular weight excluding hydrogens is 224 g/mol. The monoisotopic (exact) mass is 240 g/mol. The number of H-pyrrole nitrogens is 1. The van der Waals surface area contributed by atoms with Gasteiger partial charge in [0.2, 0.25) is 0 Å². The number of nitrogens with one attached hydrogen (secondary N) is 1. The average molecular weight is 240 g/mol. The van der Waals surface area contributed by atoms with Crippen LogP contribution in [0.5, 0.6) is 0 Å². The molecule has 0 amide bonds. The Kier molecular flexibility index (Phi) is 1.91. The van der Waals surface area contributed by atoms with E-state index in [2.05, 4.69) is 16.0 Å². The van der Waals surface area contributed by atoms with Gasteiger partial charge >= 0.3 is 0 Å². The van der Waals surface area contributed by atoms with Crippen LogP contribution in [0.3, 0.4) is 0 Å². The fourth-order valence-electron chi connectivity index (χ4n) is 3.57. The van der Waals surface area contributed by atoms with Crippen LogP contribution in [-0.4, -0.2) is 23.9 Å². The van der Waals surface area contributed by atoms with E-state index in [0.717, 1.165) is 24.2 Å². The minimum atomic E-state index is 0.140. The topological polar surface area (TPSA) is 36.1 Å². The Hall–Kier alpha value is -1.77. The summed E-state index contributed by atoms with van der Waals surface area (Å²) < 4.78 is 0. The summed E-state index contributed by atoms with van der Waals surface area (Å²) in [5, 5.41) is 1.26. The molecule has 3 aliphatic rings. The molecule has 0 radical (unpaired) electrons. The molecule has 1 fully saturated rings. The Balaban J connectivity index is 2.07.